The Morgan fingerprint density at radius 2 is 2.17 bits per heavy atom. The molecule has 0 aromatic heterocycles. The summed E-state index contributed by atoms with van der Waals surface area (Å²) >= 11 is 0. The molecule has 3 rings (SSSR count). The van der Waals surface area contributed by atoms with Gasteiger partial charge in [0.15, 0.2) is 0 Å². The van der Waals surface area contributed by atoms with Gasteiger partial charge in [0.1, 0.15) is 5.78 Å². The zero-order valence-electron chi connectivity index (χ0n) is 7.25. The van der Waals surface area contributed by atoms with Crippen LogP contribution in [0.3, 0.4) is 0 Å². The molecule has 2 bridgehead atoms. The maximum absolute atomic E-state index is 11.5. The lowest BCUT2D eigenvalue weighted by Gasteiger charge is -2.12. The fourth-order valence-corrected chi connectivity index (χ4v) is 3.23. The fraction of sp³-hybridized carbons (Fsp3) is 0.900. The molecule has 1 heterocycles. The van der Waals surface area contributed by atoms with Crippen LogP contribution >= 0.6 is 0 Å². The lowest BCUT2D eigenvalue weighted by Crippen LogP contribution is -2.31. The van der Waals surface area contributed by atoms with Gasteiger partial charge in [-0.15, -0.1) is 0 Å². The molecule has 12 heavy (non-hydrogen) atoms. The first-order chi connectivity index (χ1) is 5.86. The lowest BCUT2D eigenvalue weighted by atomic mass is 10.1. The molecule has 0 aromatic rings. The Bertz CT molecular complexity index is 226. The molecule has 66 valence electrons. The van der Waals surface area contributed by atoms with Crippen molar-refractivity contribution in [3.05, 3.63) is 0 Å². The fourth-order valence-electron chi connectivity index (χ4n) is 3.23. The van der Waals surface area contributed by atoms with E-state index in [0.717, 1.165) is 11.8 Å². The van der Waals surface area contributed by atoms with E-state index < -0.39 is 0 Å². The predicted molar refractivity (Wildman–Crippen MR) is 45.7 cm³/mol. The van der Waals surface area contributed by atoms with Crippen LogP contribution in [0.15, 0.2) is 0 Å². The molecule has 3 fully saturated rings. The Kier molecular flexibility index (Phi) is 1.37. The first-order valence-corrected chi connectivity index (χ1v) is 5.12. The number of nitrogens with one attached hydrogen (secondary N) is 1. The van der Waals surface area contributed by atoms with Crippen molar-refractivity contribution in [2.24, 2.45) is 17.8 Å². The molecule has 1 N–H and O–H groups in total. The van der Waals surface area contributed by atoms with Crippen LogP contribution in [0.25, 0.3) is 0 Å². The minimum absolute atomic E-state index is 0.475. The van der Waals surface area contributed by atoms with Gasteiger partial charge in [-0.3, -0.25) is 4.79 Å². The highest BCUT2D eigenvalue weighted by molar-refractivity contribution is 5.86. The Morgan fingerprint density at radius 1 is 1.25 bits per heavy atom. The molecule has 2 saturated carbocycles. The summed E-state index contributed by atoms with van der Waals surface area (Å²) in [7, 11) is 0. The van der Waals surface area contributed by atoms with Gasteiger partial charge in [0, 0.05) is 12.0 Å². The number of hydrogen-bond acceptors (Lipinski definition) is 2. The number of hydrogen-bond donors (Lipinski definition) is 1. The summed E-state index contributed by atoms with van der Waals surface area (Å²) in [6.07, 6.45) is 5.23. The average Bonchev–Trinajstić information content (AvgIpc) is 2.72. The number of ketones is 1. The van der Waals surface area contributed by atoms with Crippen LogP contribution in [0.2, 0.25) is 0 Å². The summed E-state index contributed by atoms with van der Waals surface area (Å²) in [5.74, 6) is 2.54. The second-order valence-corrected chi connectivity index (χ2v) is 4.56. The van der Waals surface area contributed by atoms with E-state index in [1.54, 1.807) is 0 Å². The van der Waals surface area contributed by atoms with Crippen LogP contribution in [-0.4, -0.2) is 18.4 Å². The SMILES string of the molecule is O=C1CNC2CCCC3C(C2)C13. The third-order valence-corrected chi connectivity index (χ3v) is 3.92. The van der Waals surface area contributed by atoms with E-state index in [9.17, 15) is 4.79 Å². The van der Waals surface area contributed by atoms with Crippen LogP contribution in [-0.2, 0) is 4.79 Å². The van der Waals surface area contributed by atoms with Gasteiger partial charge in [-0.25, -0.2) is 0 Å². The molecule has 2 heteroatoms. The number of carbonyl (C=O) groups is 1. The predicted octanol–water partition coefficient (Wildman–Crippen LogP) is 0.964. The van der Waals surface area contributed by atoms with Crippen molar-refractivity contribution in [2.45, 2.75) is 31.7 Å². The van der Waals surface area contributed by atoms with Gasteiger partial charge in [0.2, 0.25) is 0 Å². The van der Waals surface area contributed by atoms with Crippen molar-refractivity contribution >= 4 is 5.78 Å². The molecule has 2 nitrogen and oxygen atoms in total. The number of carbonyl (C=O) groups excluding carboxylic acids is 1. The van der Waals surface area contributed by atoms with Crippen LogP contribution in [0.1, 0.15) is 25.7 Å². The topological polar surface area (TPSA) is 29.1 Å². The van der Waals surface area contributed by atoms with Crippen LogP contribution in [0, 0.1) is 17.8 Å². The molecule has 4 atom stereocenters. The maximum Gasteiger partial charge on any atom is 0.150 e. The molecule has 0 spiro atoms. The molecule has 0 amide bonds. The van der Waals surface area contributed by atoms with E-state index in [2.05, 4.69) is 5.32 Å². The second-order valence-electron chi connectivity index (χ2n) is 4.56. The Morgan fingerprint density at radius 3 is 3.08 bits per heavy atom. The lowest BCUT2D eigenvalue weighted by molar-refractivity contribution is -0.119. The summed E-state index contributed by atoms with van der Waals surface area (Å²) < 4.78 is 0. The van der Waals surface area contributed by atoms with E-state index in [1.165, 1.54) is 25.7 Å². The smallest absolute Gasteiger partial charge is 0.150 e. The van der Waals surface area contributed by atoms with E-state index in [0.29, 0.717) is 24.3 Å². The van der Waals surface area contributed by atoms with Crippen molar-refractivity contribution in [1.82, 2.24) is 5.32 Å². The normalized spacial score (nSPS) is 51.2. The van der Waals surface area contributed by atoms with Gasteiger partial charge >= 0.3 is 0 Å². The van der Waals surface area contributed by atoms with Crippen LogP contribution < -0.4 is 5.32 Å². The van der Waals surface area contributed by atoms with Gasteiger partial charge in [0.25, 0.3) is 0 Å². The second kappa shape index (κ2) is 2.32. The van der Waals surface area contributed by atoms with Gasteiger partial charge in [-0.1, -0.05) is 6.42 Å². The highest BCUT2D eigenvalue weighted by Crippen LogP contribution is 2.55. The summed E-state index contributed by atoms with van der Waals surface area (Å²) in [5, 5.41) is 3.37. The number of fused-ring (bicyclic) bond motifs is 2. The molecule has 1 aliphatic heterocycles. The summed E-state index contributed by atoms with van der Waals surface area (Å²) in [4.78, 5) is 11.5. The molecule has 1 saturated heterocycles. The maximum atomic E-state index is 11.5. The zero-order valence-corrected chi connectivity index (χ0v) is 7.25. The number of rotatable bonds is 0. The van der Waals surface area contributed by atoms with Gasteiger partial charge in [-0.2, -0.15) is 0 Å². The van der Waals surface area contributed by atoms with Gasteiger partial charge < -0.3 is 5.32 Å². The average molecular weight is 165 g/mol. The van der Waals surface area contributed by atoms with E-state index in [-0.39, 0.29) is 0 Å². The zero-order chi connectivity index (χ0) is 8.13. The van der Waals surface area contributed by atoms with E-state index >= 15 is 0 Å². The highest BCUT2D eigenvalue weighted by Gasteiger charge is 2.55. The molecule has 2 aliphatic carbocycles. The summed E-state index contributed by atoms with van der Waals surface area (Å²) in [5.41, 5.74) is 0. The molecule has 4 unspecified atom stereocenters. The third kappa shape index (κ3) is 0.875. The third-order valence-electron chi connectivity index (χ3n) is 3.92. The molecule has 0 aromatic carbocycles. The van der Waals surface area contributed by atoms with Crippen molar-refractivity contribution in [2.75, 3.05) is 6.54 Å². The van der Waals surface area contributed by atoms with E-state index in [1.807, 2.05) is 0 Å². The Hall–Kier alpha value is -0.370. The van der Waals surface area contributed by atoms with Crippen LogP contribution in [0.4, 0.5) is 0 Å². The monoisotopic (exact) mass is 165 g/mol. The highest BCUT2D eigenvalue weighted by atomic mass is 16.1. The Labute approximate surface area is 72.7 Å². The van der Waals surface area contributed by atoms with Crippen molar-refractivity contribution in [3.63, 3.8) is 0 Å². The van der Waals surface area contributed by atoms with Gasteiger partial charge in [-0.05, 0) is 31.1 Å². The molecular formula is C10H15NO. The quantitative estimate of drug-likeness (QED) is 0.579. The standard InChI is InChI=1S/C10H15NO/c12-9-5-11-6-2-1-3-7-8(4-6)10(7)9/h6-8,10-11H,1-5H2. The minimum Gasteiger partial charge on any atom is -0.307 e. The van der Waals surface area contributed by atoms with Crippen molar-refractivity contribution in [3.8, 4) is 0 Å². The van der Waals surface area contributed by atoms with Gasteiger partial charge in [0.05, 0.1) is 6.54 Å². The van der Waals surface area contributed by atoms with Crippen LogP contribution in [0.5, 0.6) is 0 Å². The first-order valence-electron chi connectivity index (χ1n) is 5.12. The van der Waals surface area contributed by atoms with Crippen molar-refractivity contribution in [1.29, 1.82) is 0 Å². The molecule has 3 aliphatic rings. The van der Waals surface area contributed by atoms with Crippen molar-refractivity contribution < 1.29 is 4.79 Å². The molecule has 0 radical (unpaired) electrons. The first kappa shape index (κ1) is 7.07. The molecular weight excluding hydrogens is 150 g/mol. The Balaban J connectivity index is 1.88. The number of Topliss-reactive ketones (excluding diaryl/α,β-unsaturated/α-hetero) is 1. The van der Waals surface area contributed by atoms with E-state index in [4.69, 9.17) is 0 Å². The largest absolute Gasteiger partial charge is 0.307 e. The summed E-state index contributed by atoms with van der Waals surface area (Å²) in [6.45, 7) is 0.655. The minimum atomic E-state index is 0.475. The summed E-state index contributed by atoms with van der Waals surface area (Å²) in [6, 6.07) is 0.663.